The van der Waals surface area contributed by atoms with Gasteiger partial charge in [-0.2, -0.15) is 0 Å². The largest absolute Gasteiger partial charge is 0.349 e. The summed E-state index contributed by atoms with van der Waals surface area (Å²) in [5.74, 6) is 1.13. The second kappa shape index (κ2) is 7.25. The van der Waals surface area contributed by atoms with E-state index in [1.54, 1.807) is 4.90 Å². The van der Waals surface area contributed by atoms with Gasteiger partial charge < -0.3 is 15.1 Å². The zero-order chi connectivity index (χ0) is 13.7. The van der Waals surface area contributed by atoms with Crippen molar-refractivity contribution in [2.45, 2.75) is 44.6 Å². The van der Waals surface area contributed by atoms with Crippen LogP contribution in [0.15, 0.2) is 0 Å². The summed E-state index contributed by atoms with van der Waals surface area (Å²) in [5.41, 5.74) is 0. The summed E-state index contributed by atoms with van der Waals surface area (Å²) >= 11 is 0. The van der Waals surface area contributed by atoms with E-state index in [0.29, 0.717) is 6.42 Å². The maximum atomic E-state index is 11.5. The molecule has 110 valence electrons. The number of amides is 1. The molecule has 0 bridgehead atoms. The van der Waals surface area contributed by atoms with Crippen molar-refractivity contribution < 1.29 is 4.79 Å². The lowest BCUT2D eigenvalue weighted by molar-refractivity contribution is -0.128. The monoisotopic (exact) mass is 267 g/mol. The van der Waals surface area contributed by atoms with Crippen LogP contribution in [-0.4, -0.2) is 62.0 Å². The number of rotatable bonds is 7. The molecule has 1 saturated heterocycles. The highest BCUT2D eigenvalue weighted by molar-refractivity contribution is 5.75. The lowest BCUT2D eigenvalue weighted by Crippen LogP contribution is -2.38. The highest BCUT2D eigenvalue weighted by Crippen LogP contribution is 2.21. The van der Waals surface area contributed by atoms with Gasteiger partial charge in [-0.1, -0.05) is 0 Å². The first-order chi connectivity index (χ1) is 9.15. The Kier molecular flexibility index (Phi) is 5.64. The molecule has 1 heterocycles. The molecular formula is C15H29N3O. The second-order valence-electron chi connectivity index (χ2n) is 6.36. The molecule has 2 fully saturated rings. The van der Waals surface area contributed by atoms with E-state index in [-0.39, 0.29) is 5.91 Å². The van der Waals surface area contributed by atoms with Crippen molar-refractivity contribution in [3.8, 4) is 0 Å². The van der Waals surface area contributed by atoms with Crippen molar-refractivity contribution in [1.29, 1.82) is 0 Å². The van der Waals surface area contributed by atoms with Gasteiger partial charge in [0.05, 0.1) is 0 Å². The van der Waals surface area contributed by atoms with Gasteiger partial charge in [-0.15, -0.1) is 0 Å². The fourth-order valence-electron chi connectivity index (χ4n) is 2.71. The molecule has 1 aliphatic heterocycles. The van der Waals surface area contributed by atoms with Gasteiger partial charge in [-0.05, 0) is 64.2 Å². The molecule has 0 spiro atoms. The Morgan fingerprint density at radius 1 is 1.21 bits per heavy atom. The molecule has 1 amide bonds. The summed E-state index contributed by atoms with van der Waals surface area (Å²) in [4.78, 5) is 15.7. The summed E-state index contributed by atoms with van der Waals surface area (Å²) in [6.07, 6.45) is 7.11. The maximum absolute atomic E-state index is 11.5. The molecule has 4 heteroatoms. The van der Waals surface area contributed by atoms with Crippen LogP contribution in [-0.2, 0) is 4.79 Å². The first kappa shape index (κ1) is 14.8. The van der Waals surface area contributed by atoms with Gasteiger partial charge in [-0.25, -0.2) is 0 Å². The van der Waals surface area contributed by atoms with Crippen LogP contribution in [0.1, 0.15) is 38.5 Å². The Balaban J connectivity index is 1.51. The second-order valence-corrected chi connectivity index (χ2v) is 6.36. The molecule has 1 aliphatic carbocycles. The number of hydrogen-bond acceptors (Lipinski definition) is 3. The topological polar surface area (TPSA) is 35.6 Å². The third-order valence-corrected chi connectivity index (χ3v) is 4.34. The number of hydrogen-bond donors (Lipinski definition) is 1. The Labute approximate surface area is 117 Å². The number of piperidine rings is 1. The van der Waals surface area contributed by atoms with E-state index in [1.165, 1.54) is 45.3 Å². The van der Waals surface area contributed by atoms with Crippen LogP contribution < -0.4 is 5.32 Å². The highest BCUT2D eigenvalue weighted by atomic mass is 16.2. The molecule has 2 rings (SSSR count). The SMILES string of the molecule is CN(C)C(=O)CCCN1CCC(CNC2CC2)CC1. The molecule has 0 aromatic heterocycles. The molecule has 0 aromatic carbocycles. The van der Waals surface area contributed by atoms with Crippen molar-refractivity contribution in [3.05, 3.63) is 0 Å². The lowest BCUT2D eigenvalue weighted by Gasteiger charge is -2.32. The molecule has 4 nitrogen and oxygen atoms in total. The number of carbonyl (C=O) groups excluding carboxylic acids is 1. The first-order valence-electron chi connectivity index (χ1n) is 7.81. The van der Waals surface area contributed by atoms with E-state index in [1.807, 2.05) is 14.1 Å². The average molecular weight is 267 g/mol. The molecular weight excluding hydrogens is 238 g/mol. The molecule has 19 heavy (non-hydrogen) atoms. The number of nitrogens with one attached hydrogen (secondary N) is 1. The van der Waals surface area contributed by atoms with Crippen molar-refractivity contribution in [2.24, 2.45) is 5.92 Å². The molecule has 0 atom stereocenters. The smallest absolute Gasteiger partial charge is 0.222 e. The van der Waals surface area contributed by atoms with Gasteiger partial charge in [0.25, 0.3) is 0 Å². The predicted molar refractivity (Wildman–Crippen MR) is 78.1 cm³/mol. The van der Waals surface area contributed by atoms with Gasteiger partial charge in [0, 0.05) is 26.6 Å². The number of carbonyl (C=O) groups is 1. The molecule has 0 unspecified atom stereocenters. The first-order valence-corrected chi connectivity index (χ1v) is 7.81. The van der Waals surface area contributed by atoms with Crippen LogP contribution in [0.4, 0.5) is 0 Å². The minimum atomic E-state index is 0.253. The molecule has 1 N–H and O–H groups in total. The van der Waals surface area contributed by atoms with Crippen LogP contribution in [0.5, 0.6) is 0 Å². The van der Waals surface area contributed by atoms with E-state index in [4.69, 9.17) is 0 Å². The predicted octanol–water partition coefficient (Wildman–Crippen LogP) is 1.32. The number of nitrogens with zero attached hydrogens (tertiary/aromatic N) is 2. The van der Waals surface area contributed by atoms with Crippen LogP contribution in [0, 0.1) is 5.92 Å². The quantitative estimate of drug-likeness (QED) is 0.755. The minimum Gasteiger partial charge on any atom is -0.349 e. The normalized spacial score (nSPS) is 21.6. The summed E-state index contributed by atoms with van der Waals surface area (Å²) in [5, 5.41) is 3.64. The lowest BCUT2D eigenvalue weighted by atomic mass is 9.96. The Hall–Kier alpha value is -0.610. The van der Waals surface area contributed by atoms with E-state index < -0.39 is 0 Å². The van der Waals surface area contributed by atoms with Gasteiger partial charge in [0.15, 0.2) is 0 Å². The van der Waals surface area contributed by atoms with Crippen molar-refractivity contribution >= 4 is 5.91 Å². The fraction of sp³-hybridized carbons (Fsp3) is 0.933. The zero-order valence-electron chi connectivity index (χ0n) is 12.5. The summed E-state index contributed by atoms with van der Waals surface area (Å²) in [6.45, 7) is 4.74. The fourth-order valence-corrected chi connectivity index (χ4v) is 2.71. The van der Waals surface area contributed by atoms with Crippen molar-refractivity contribution in [3.63, 3.8) is 0 Å². The van der Waals surface area contributed by atoms with Crippen LogP contribution in [0.25, 0.3) is 0 Å². The molecule has 0 aromatic rings. The van der Waals surface area contributed by atoms with Crippen LogP contribution in [0.2, 0.25) is 0 Å². The minimum absolute atomic E-state index is 0.253. The third-order valence-electron chi connectivity index (χ3n) is 4.34. The van der Waals surface area contributed by atoms with E-state index in [0.717, 1.165) is 24.9 Å². The van der Waals surface area contributed by atoms with Gasteiger partial charge in [0.1, 0.15) is 0 Å². The van der Waals surface area contributed by atoms with Gasteiger partial charge in [-0.3, -0.25) is 4.79 Å². The van der Waals surface area contributed by atoms with Crippen molar-refractivity contribution in [1.82, 2.24) is 15.1 Å². The zero-order valence-corrected chi connectivity index (χ0v) is 12.5. The third kappa shape index (κ3) is 5.49. The number of likely N-dealkylation sites (tertiary alicyclic amines) is 1. The average Bonchev–Trinajstić information content (AvgIpc) is 3.21. The molecule has 0 radical (unpaired) electrons. The van der Waals surface area contributed by atoms with E-state index >= 15 is 0 Å². The summed E-state index contributed by atoms with van der Waals surface area (Å²) in [6, 6.07) is 0.843. The Morgan fingerprint density at radius 3 is 2.47 bits per heavy atom. The van der Waals surface area contributed by atoms with Crippen LogP contribution in [0.3, 0.4) is 0 Å². The maximum Gasteiger partial charge on any atom is 0.222 e. The van der Waals surface area contributed by atoms with Gasteiger partial charge in [0.2, 0.25) is 5.91 Å². The van der Waals surface area contributed by atoms with Crippen LogP contribution >= 0.6 is 0 Å². The summed E-state index contributed by atoms with van der Waals surface area (Å²) < 4.78 is 0. The molecule has 1 saturated carbocycles. The standard InChI is InChI=1S/C15H29N3O/c1-17(2)15(19)4-3-9-18-10-7-13(8-11-18)12-16-14-5-6-14/h13-14,16H,3-12H2,1-2H3. The van der Waals surface area contributed by atoms with Crippen molar-refractivity contribution in [2.75, 3.05) is 40.3 Å². The summed E-state index contributed by atoms with van der Waals surface area (Å²) in [7, 11) is 3.67. The van der Waals surface area contributed by atoms with E-state index in [9.17, 15) is 4.79 Å². The highest BCUT2D eigenvalue weighted by Gasteiger charge is 2.24. The Bertz CT molecular complexity index is 281. The molecule has 2 aliphatic rings. The van der Waals surface area contributed by atoms with E-state index in [2.05, 4.69) is 10.2 Å². The van der Waals surface area contributed by atoms with Gasteiger partial charge >= 0.3 is 0 Å². The Morgan fingerprint density at radius 2 is 1.89 bits per heavy atom.